The zero-order valence-electron chi connectivity index (χ0n) is 11.9. The number of ether oxygens (including phenoxy) is 1. The number of carbonyl (C=O) groups is 1. The monoisotopic (exact) mass is 311 g/mol. The van der Waals surface area contributed by atoms with Crippen LogP contribution in [0.15, 0.2) is 36.2 Å². The van der Waals surface area contributed by atoms with E-state index in [1.165, 1.54) is 35.2 Å². The predicted octanol–water partition coefficient (Wildman–Crippen LogP) is 1.57. The number of aromatic nitrogens is 2. The molecule has 0 aliphatic rings. The highest BCUT2D eigenvalue weighted by Crippen LogP contribution is 2.25. The number of anilines is 1. The third-order valence-electron chi connectivity index (χ3n) is 3.01. The quantitative estimate of drug-likeness (QED) is 0.522. The van der Waals surface area contributed by atoms with Crippen LogP contribution in [0.1, 0.15) is 5.69 Å². The highest BCUT2D eigenvalue weighted by Gasteiger charge is 2.22. The molecule has 0 bridgehead atoms. The summed E-state index contributed by atoms with van der Waals surface area (Å²) in [7, 11) is 1.09. The van der Waals surface area contributed by atoms with Gasteiger partial charge in [-0.15, -0.1) is 0 Å². The smallest absolute Gasteiger partial charge is 0.350 e. The van der Waals surface area contributed by atoms with Crippen LogP contribution in [-0.4, -0.2) is 22.6 Å². The van der Waals surface area contributed by atoms with Gasteiger partial charge in [-0.2, -0.15) is 10.5 Å². The van der Waals surface area contributed by atoms with Crippen LogP contribution < -0.4 is 5.73 Å². The minimum absolute atomic E-state index is 0.0289. The Kier molecular flexibility index (Phi) is 4.39. The molecule has 8 heteroatoms. The van der Waals surface area contributed by atoms with E-state index in [2.05, 4.69) is 9.72 Å². The number of imidazole rings is 1. The van der Waals surface area contributed by atoms with Crippen molar-refractivity contribution < 1.29 is 13.9 Å². The number of rotatable bonds is 3. The summed E-state index contributed by atoms with van der Waals surface area (Å²) < 4.78 is 18.8. The van der Waals surface area contributed by atoms with Crippen molar-refractivity contribution in [3.8, 4) is 17.8 Å². The van der Waals surface area contributed by atoms with Gasteiger partial charge in [0.2, 0.25) is 0 Å². The first-order valence-electron chi connectivity index (χ1n) is 6.25. The molecule has 0 saturated heterocycles. The highest BCUT2D eigenvalue weighted by molar-refractivity contribution is 6.05. The summed E-state index contributed by atoms with van der Waals surface area (Å²) in [5.74, 6) is -1.34. The molecular weight excluding hydrogens is 301 g/mol. The van der Waals surface area contributed by atoms with Crippen LogP contribution in [0, 0.1) is 28.5 Å². The number of hydrogen-bond acceptors (Lipinski definition) is 6. The third-order valence-corrected chi connectivity index (χ3v) is 3.01. The first kappa shape index (κ1) is 15.7. The standard InChI is InChI=1S/C15H10FN5O2/c1-23-15(22)12(7-18)11(6-17)13-14(19)21(8-20-13)10-4-2-9(16)3-5-10/h2-5,8H,19H2,1H3/b12-11+. The second-order valence-corrected chi connectivity index (χ2v) is 4.29. The third kappa shape index (κ3) is 2.87. The van der Waals surface area contributed by atoms with E-state index in [1.54, 1.807) is 12.1 Å². The number of nitrogen functional groups attached to an aromatic ring is 1. The molecule has 0 amide bonds. The van der Waals surface area contributed by atoms with Gasteiger partial charge in [-0.25, -0.2) is 14.2 Å². The van der Waals surface area contributed by atoms with Gasteiger partial charge in [-0.3, -0.25) is 4.57 Å². The van der Waals surface area contributed by atoms with Crippen LogP contribution in [-0.2, 0) is 9.53 Å². The van der Waals surface area contributed by atoms with E-state index >= 15 is 0 Å². The zero-order chi connectivity index (χ0) is 17.0. The van der Waals surface area contributed by atoms with Gasteiger partial charge in [-0.1, -0.05) is 0 Å². The lowest BCUT2D eigenvalue weighted by molar-refractivity contribution is -0.135. The Morgan fingerprint density at radius 3 is 2.48 bits per heavy atom. The molecule has 2 N–H and O–H groups in total. The minimum atomic E-state index is -0.959. The van der Waals surface area contributed by atoms with E-state index in [0.29, 0.717) is 5.69 Å². The molecule has 0 unspecified atom stereocenters. The molecule has 0 aliphatic carbocycles. The number of esters is 1. The van der Waals surface area contributed by atoms with Crippen molar-refractivity contribution in [2.24, 2.45) is 0 Å². The SMILES string of the molecule is COC(=O)/C(C#N)=C(\C#N)c1ncn(-c2ccc(F)cc2)c1N. The maximum absolute atomic E-state index is 13.0. The number of benzene rings is 1. The largest absolute Gasteiger partial charge is 0.465 e. The van der Waals surface area contributed by atoms with Gasteiger partial charge in [0.15, 0.2) is 5.57 Å². The van der Waals surface area contributed by atoms with E-state index in [9.17, 15) is 14.4 Å². The number of allylic oxidation sites excluding steroid dienone is 1. The van der Waals surface area contributed by atoms with Crippen molar-refractivity contribution in [3.05, 3.63) is 47.7 Å². The topological polar surface area (TPSA) is 118 Å². The molecular formula is C15H10FN5O2. The van der Waals surface area contributed by atoms with Crippen molar-refractivity contribution in [1.82, 2.24) is 9.55 Å². The summed E-state index contributed by atoms with van der Waals surface area (Å²) in [6, 6.07) is 8.78. The second-order valence-electron chi connectivity index (χ2n) is 4.29. The lowest BCUT2D eigenvalue weighted by Crippen LogP contribution is -2.07. The molecule has 114 valence electrons. The van der Waals surface area contributed by atoms with Crippen molar-refractivity contribution in [3.63, 3.8) is 0 Å². The zero-order valence-corrected chi connectivity index (χ0v) is 11.9. The summed E-state index contributed by atoms with van der Waals surface area (Å²) in [5, 5.41) is 18.3. The van der Waals surface area contributed by atoms with Crippen LogP contribution in [0.25, 0.3) is 11.3 Å². The van der Waals surface area contributed by atoms with Crippen LogP contribution >= 0.6 is 0 Å². The van der Waals surface area contributed by atoms with Crippen molar-refractivity contribution in [1.29, 1.82) is 10.5 Å². The molecule has 23 heavy (non-hydrogen) atoms. The molecule has 1 aromatic carbocycles. The fourth-order valence-corrected chi connectivity index (χ4v) is 1.89. The fraction of sp³-hybridized carbons (Fsp3) is 0.0667. The molecule has 2 aromatic rings. The van der Waals surface area contributed by atoms with Gasteiger partial charge in [-0.05, 0) is 24.3 Å². The average molecular weight is 311 g/mol. The van der Waals surface area contributed by atoms with Gasteiger partial charge in [0, 0.05) is 5.69 Å². The highest BCUT2D eigenvalue weighted by atomic mass is 19.1. The summed E-state index contributed by atoms with van der Waals surface area (Å²) in [5.41, 5.74) is 5.64. The second kappa shape index (κ2) is 6.41. The Hall–Kier alpha value is -3.65. The van der Waals surface area contributed by atoms with Crippen molar-refractivity contribution in [2.75, 3.05) is 12.8 Å². The number of nitrogens with zero attached hydrogens (tertiary/aromatic N) is 4. The molecule has 0 aliphatic heterocycles. The predicted molar refractivity (Wildman–Crippen MR) is 78.1 cm³/mol. The number of halogens is 1. The number of hydrogen-bond donors (Lipinski definition) is 1. The van der Waals surface area contributed by atoms with Gasteiger partial charge >= 0.3 is 5.97 Å². The Bertz CT molecular complexity index is 869. The summed E-state index contributed by atoms with van der Waals surface area (Å²) in [6.45, 7) is 0. The van der Waals surface area contributed by atoms with Crippen molar-refractivity contribution >= 4 is 17.4 Å². The van der Waals surface area contributed by atoms with Crippen LogP contribution in [0.5, 0.6) is 0 Å². The molecule has 0 saturated carbocycles. The van der Waals surface area contributed by atoms with E-state index in [-0.39, 0.29) is 17.1 Å². The maximum Gasteiger partial charge on any atom is 0.350 e. The fourth-order valence-electron chi connectivity index (χ4n) is 1.89. The van der Waals surface area contributed by atoms with Gasteiger partial charge < -0.3 is 10.5 Å². The summed E-state index contributed by atoms with van der Waals surface area (Å²) in [6.07, 6.45) is 1.31. The normalized spacial score (nSPS) is 11.1. The molecule has 1 aromatic heterocycles. The number of nitriles is 2. The van der Waals surface area contributed by atoms with E-state index in [4.69, 9.17) is 11.0 Å². The Labute approximate surface area is 130 Å². The van der Waals surface area contributed by atoms with Crippen LogP contribution in [0.2, 0.25) is 0 Å². The molecule has 2 rings (SSSR count). The van der Waals surface area contributed by atoms with E-state index in [1.807, 2.05) is 0 Å². The Morgan fingerprint density at radius 2 is 1.96 bits per heavy atom. The lowest BCUT2D eigenvalue weighted by atomic mass is 10.1. The molecule has 0 fully saturated rings. The summed E-state index contributed by atoms with van der Waals surface area (Å²) in [4.78, 5) is 15.5. The first-order chi connectivity index (χ1) is 11.0. The number of carbonyl (C=O) groups excluding carboxylic acids is 1. The molecule has 0 atom stereocenters. The molecule has 7 nitrogen and oxygen atoms in total. The van der Waals surface area contributed by atoms with Crippen LogP contribution in [0.4, 0.5) is 10.2 Å². The average Bonchev–Trinajstić information content (AvgIpc) is 2.94. The van der Waals surface area contributed by atoms with Gasteiger partial charge in [0.25, 0.3) is 0 Å². The minimum Gasteiger partial charge on any atom is -0.465 e. The van der Waals surface area contributed by atoms with Gasteiger partial charge in [0.05, 0.1) is 7.11 Å². The van der Waals surface area contributed by atoms with Crippen LogP contribution in [0.3, 0.4) is 0 Å². The number of methoxy groups -OCH3 is 1. The number of nitrogens with two attached hydrogens (primary N) is 1. The van der Waals surface area contributed by atoms with Gasteiger partial charge in [0.1, 0.15) is 41.4 Å². The first-order valence-corrected chi connectivity index (χ1v) is 6.25. The lowest BCUT2D eigenvalue weighted by Gasteiger charge is -2.06. The van der Waals surface area contributed by atoms with Crippen molar-refractivity contribution in [2.45, 2.75) is 0 Å². The molecule has 1 heterocycles. The molecule has 0 spiro atoms. The molecule has 0 radical (unpaired) electrons. The Balaban J connectivity index is 2.60. The Morgan fingerprint density at radius 1 is 1.30 bits per heavy atom. The maximum atomic E-state index is 13.0. The van der Waals surface area contributed by atoms with E-state index in [0.717, 1.165) is 7.11 Å². The van der Waals surface area contributed by atoms with E-state index < -0.39 is 17.4 Å². The summed E-state index contributed by atoms with van der Waals surface area (Å²) >= 11 is 0.